The molecule has 6 nitrogen and oxygen atoms in total. The van der Waals surface area contributed by atoms with Gasteiger partial charge < -0.3 is 28.8 Å². The first kappa shape index (κ1) is 33.3. The molecular weight excluding hydrogens is 692 g/mol. The first-order valence-electron chi connectivity index (χ1n) is 16.6. The fourth-order valence-electron chi connectivity index (χ4n) is 5.92. The van der Waals surface area contributed by atoms with Crippen molar-refractivity contribution in [1.82, 2.24) is 0 Å². The average Bonchev–Trinajstić information content (AvgIpc) is 3.17. The van der Waals surface area contributed by atoms with Crippen molar-refractivity contribution in [1.29, 1.82) is 0 Å². The van der Waals surface area contributed by atoms with E-state index in [1.165, 1.54) is 0 Å². The predicted octanol–water partition coefficient (Wildman–Crippen LogP) is 10.2. The van der Waals surface area contributed by atoms with Crippen LogP contribution in [0.1, 0.15) is 39.5 Å². The summed E-state index contributed by atoms with van der Waals surface area (Å²) in [5.74, 6) is 2.32. The number of rotatable bonds is 13. The van der Waals surface area contributed by atoms with Crippen LogP contribution in [0, 0.1) is 0 Å². The molecule has 0 radical (unpaired) electrons. The summed E-state index contributed by atoms with van der Waals surface area (Å²) >= 11 is 3.83. The monoisotopic (exact) mass is 728 g/mol. The van der Waals surface area contributed by atoms with Crippen molar-refractivity contribution in [3.05, 3.63) is 183 Å². The van der Waals surface area contributed by atoms with Crippen LogP contribution in [-0.4, -0.2) is 11.2 Å². The second kappa shape index (κ2) is 16.0. The first-order valence-corrected chi connectivity index (χ1v) is 17.4. The van der Waals surface area contributed by atoms with Crippen LogP contribution in [0.3, 0.4) is 0 Å². The number of ether oxygens (including phenoxy) is 5. The molecule has 2 atom stereocenters. The van der Waals surface area contributed by atoms with Gasteiger partial charge in [0, 0.05) is 18.1 Å². The van der Waals surface area contributed by atoms with Crippen LogP contribution >= 0.6 is 15.9 Å². The van der Waals surface area contributed by atoms with Gasteiger partial charge in [-0.2, -0.15) is 0 Å². The van der Waals surface area contributed by atoms with E-state index in [0.717, 1.165) is 33.4 Å². The Morgan fingerprint density at radius 1 is 0.560 bits per heavy atom. The van der Waals surface area contributed by atoms with Crippen molar-refractivity contribution in [3.8, 4) is 28.7 Å². The Labute approximate surface area is 300 Å². The van der Waals surface area contributed by atoms with Gasteiger partial charge in [0.15, 0.2) is 17.6 Å². The molecule has 0 spiro atoms. The van der Waals surface area contributed by atoms with Crippen LogP contribution in [0.25, 0.3) is 0 Å². The summed E-state index contributed by atoms with van der Waals surface area (Å²) in [4.78, 5) is 0. The molecule has 0 saturated carbocycles. The van der Waals surface area contributed by atoms with Gasteiger partial charge in [-0.05, 0) is 55.9 Å². The normalized spacial score (nSPS) is 15.1. The van der Waals surface area contributed by atoms with E-state index in [1.807, 2.05) is 140 Å². The van der Waals surface area contributed by atoms with Gasteiger partial charge in [-0.15, -0.1) is 0 Å². The van der Waals surface area contributed by atoms with Crippen LogP contribution in [0.5, 0.6) is 28.7 Å². The SMILES string of the molecule is Oc1ccc(C2Oc3c(Br)c(OCc4ccccc4)cc(OCc4ccccc4)c3CC2OCc2ccccc2)cc1OCc1ccccc1. The van der Waals surface area contributed by atoms with E-state index >= 15 is 0 Å². The molecule has 0 saturated heterocycles. The Morgan fingerprint density at radius 2 is 1.04 bits per heavy atom. The molecule has 1 heterocycles. The minimum Gasteiger partial charge on any atom is -0.504 e. The number of phenols is 1. The Kier molecular flexibility index (Phi) is 10.6. The lowest BCUT2D eigenvalue weighted by Crippen LogP contribution is -2.33. The Morgan fingerprint density at radius 3 is 1.58 bits per heavy atom. The van der Waals surface area contributed by atoms with E-state index in [-0.39, 0.29) is 5.75 Å². The molecule has 0 aliphatic carbocycles. The summed E-state index contributed by atoms with van der Waals surface area (Å²) in [5.41, 5.74) is 5.84. The van der Waals surface area contributed by atoms with E-state index < -0.39 is 12.2 Å². The third kappa shape index (κ3) is 8.13. The smallest absolute Gasteiger partial charge is 0.161 e. The van der Waals surface area contributed by atoms with Crippen molar-refractivity contribution >= 4 is 15.9 Å². The lowest BCUT2D eigenvalue weighted by Gasteiger charge is -2.36. The summed E-state index contributed by atoms with van der Waals surface area (Å²) < 4.78 is 33.3. The number of hydrogen-bond donors (Lipinski definition) is 1. The molecule has 0 aromatic heterocycles. The molecule has 1 aliphatic rings. The van der Waals surface area contributed by atoms with Gasteiger partial charge in [0.1, 0.15) is 47.6 Å². The van der Waals surface area contributed by atoms with Gasteiger partial charge in [0.25, 0.3) is 0 Å². The average molecular weight is 730 g/mol. The molecule has 0 bridgehead atoms. The zero-order chi connectivity index (χ0) is 34.1. The molecular formula is C43H37BrO6. The molecule has 0 amide bonds. The van der Waals surface area contributed by atoms with Gasteiger partial charge in [-0.3, -0.25) is 0 Å². The predicted molar refractivity (Wildman–Crippen MR) is 197 cm³/mol. The minimum atomic E-state index is -0.534. The van der Waals surface area contributed by atoms with Crippen LogP contribution in [-0.2, 0) is 37.6 Å². The van der Waals surface area contributed by atoms with Crippen LogP contribution in [0.15, 0.2) is 150 Å². The number of hydrogen-bond acceptors (Lipinski definition) is 6. The summed E-state index contributed by atoms with van der Waals surface area (Å²) in [5, 5.41) is 10.8. The molecule has 6 aromatic rings. The van der Waals surface area contributed by atoms with Crippen molar-refractivity contribution < 1.29 is 28.8 Å². The number of fused-ring (bicyclic) bond motifs is 1. The zero-order valence-electron chi connectivity index (χ0n) is 27.4. The van der Waals surface area contributed by atoms with Crippen molar-refractivity contribution in [2.45, 2.75) is 45.1 Å². The summed E-state index contributed by atoms with van der Waals surface area (Å²) in [6.07, 6.45) is -0.417. The summed E-state index contributed by atoms with van der Waals surface area (Å²) in [7, 11) is 0. The molecule has 50 heavy (non-hydrogen) atoms. The molecule has 1 N–H and O–H groups in total. The fourth-order valence-corrected chi connectivity index (χ4v) is 6.48. The molecule has 6 aromatic carbocycles. The lowest BCUT2D eigenvalue weighted by atomic mass is 9.93. The summed E-state index contributed by atoms with van der Waals surface area (Å²) in [6, 6.07) is 47.3. The van der Waals surface area contributed by atoms with Gasteiger partial charge >= 0.3 is 0 Å². The van der Waals surface area contributed by atoms with Crippen molar-refractivity contribution in [2.75, 3.05) is 0 Å². The Bertz CT molecular complexity index is 1990. The van der Waals surface area contributed by atoms with Crippen LogP contribution in [0.4, 0.5) is 0 Å². The van der Waals surface area contributed by atoms with E-state index in [1.54, 1.807) is 6.07 Å². The topological polar surface area (TPSA) is 66.4 Å². The highest BCUT2D eigenvalue weighted by atomic mass is 79.9. The highest BCUT2D eigenvalue weighted by Crippen LogP contribution is 2.50. The van der Waals surface area contributed by atoms with Gasteiger partial charge in [0.05, 0.1) is 6.61 Å². The molecule has 7 rings (SSSR count). The number of aromatic hydroxyl groups is 1. The summed E-state index contributed by atoms with van der Waals surface area (Å²) in [6.45, 7) is 1.47. The maximum absolute atomic E-state index is 10.8. The lowest BCUT2D eigenvalue weighted by molar-refractivity contribution is -0.0472. The van der Waals surface area contributed by atoms with Crippen molar-refractivity contribution in [3.63, 3.8) is 0 Å². The largest absolute Gasteiger partial charge is 0.504 e. The standard InChI is InChI=1S/C43H37BrO6/c44-41-39(48-28-32-17-9-3-10-18-32)25-37(46-26-30-13-5-1-6-14-30)35-24-40(49-29-33-19-11-4-12-20-33)42(50-43(35)41)34-21-22-36(45)38(23-34)47-27-31-15-7-2-8-16-31/h1-23,25,40,42,45H,24,26-29H2. The Balaban J connectivity index is 1.24. The highest BCUT2D eigenvalue weighted by Gasteiger charge is 2.37. The second-order valence-electron chi connectivity index (χ2n) is 12.1. The Hall–Kier alpha value is -5.24. The molecule has 252 valence electrons. The number of phenolic OH excluding ortho intramolecular Hbond substituents is 1. The third-order valence-corrected chi connectivity index (χ3v) is 9.32. The highest BCUT2D eigenvalue weighted by molar-refractivity contribution is 9.10. The van der Waals surface area contributed by atoms with Gasteiger partial charge in [0.2, 0.25) is 0 Å². The van der Waals surface area contributed by atoms with Crippen LogP contribution < -0.4 is 18.9 Å². The van der Waals surface area contributed by atoms with Gasteiger partial charge in [-0.1, -0.05) is 127 Å². The molecule has 7 heteroatoms. The van der Waals surface area contributed by atoms with E-state index in [2.05, 4.69) is 15.9 Å². The van der Waals surface area contributed by atoms with Crippen LogP contribution in [0.2, 0.25) is 0 Å². The number of benzene rings is 6. The molecule has 2 unspecified atom stereocenters. The maximum atomic E-state index is 10.8. The van der Waals surface area contributed by atoms with E-state index in [4.69, 9.17) is 23.7 Å². The zero-order valence-corrected chi connectivity index (χ0v) is 29.0. The quantitative estimate of drug-likeness (QED) is 0.128. The molecule has 0 fully saturated rings. The fraction of sp³-hybridized carbons (Fsp3) is 0.163. The van der Waals surface area contributed by atoms with Crippen molar-refractivity contribution in [2.24, 2.45) is 0 Å². The molecule has 1 aliphatic heterocycles. The minimum absolute atomic E-state index is 0.0528. The number of halogens is 1. The maximum Gasteiger partial charge on any atom is 0.161 e. The van der Waals surface area contributed by atoms with E-state index in [0.29, 0.717) is 60.3 Å². The second-order valence-corrected chi connectivity index (χ2v) is 12.9. The van der Waals surface area contributed by atoms with E-state index in [9.17, 15) is 5.11 Å². The van der Waals surface area contributed by atoms with Gasteiger partial charge in [-0.25, -0.2) is 0 Å². The first-order chi connectivity index (χ1) is 24.6. The third-order valence-electron chi connectivity index (χ3n) is 8.57.